The quantitative estimate of drug-likeness (QED) is 0.576. The van der Waals surface area contributed by atoms with Crippen LogP contribution in [0.15, 0.2) is 0 Å². The monoisotopic (exact) mass is 191 g/mol. The number of aliphatic hydroxyl groups is 2. The number of halogens is 1. The molecule has 0 bridgehead atoms. The number of rotatable bonds is 1. The smallest absolute Gasteiger partial charge is 0.259 e. The second kappa shape index (κ2) is 3.23. The van der Waals surface area contributed by atoms with E-state index in [2.05, 4.69) is 0 Å². The van der Waals surface area contributed by atoms with Crippen molar-refractivity contribution in [1.82, 2.24) is 4.90 Å². The molecule has 76 valence electrons. The number of likely N-dealkylation sites (tertiary alicyclic amines) is 1. The first kappa shape index (κ1) is 10.4. The standard InChI is InChI=1S/C8H14FNO3/c1-8(2,9)7(13)10-3-5(11)6(12)4-10/h5-6,11-12H,3-4H2,1-2H3. The summed E-state index contributed by atoms with van der Waals surface area (Å²) < 4.78 is 13.1. The molecular formula is C8H14FNO3. The summed E-state index contributed by atoms with van der Waals surface area (Å²) in [6.07, 6.45) is -1.91. The molecular weight excluding hydrogens is 177 g/mol. The van der Waals surface area contributed by atoms with Crippen molar-refractivity contribution in [1.29, 1.82) is 0 Å². The van der Waals surface area contributed by atoms with E-state index in [1.165, 1.54) is 0 Å². The van der Waals surface area contributed by atoms with Crippen molar-refractivity contribution in [2.24, 2.45) is 0 Å². The van der Waals surface area contributed by atoms with Crippen LogP contribution in [-0.4, -0.2) is 52.0 Å². The Bertz CT molecular complexity index is 204. The zero-order chi connectivity index (χ0) is 10.2. The van der Waals surface area contributed by atoms with Gasteiger partial charge < -0.3 is 15.1 Å². The van der Waals surface area contributed by atoms with Crippen LogP contribution in [0.1, 0.15) is 13.8 Å². The van der Waals surface area contributed by atoms with Gasteiger partial charge in [0, 0.05) is 13.1 Å². The Hall–Kier alpha value is -0.680. The van der Waals surface area contributed by atoms with Gasteiger partial charge in [0.05, 0.1) is 12.2 Å². The van der Waals surface area contributed by atoms with Crippen LogP contribution in [0, 0.1) is 0 Å². The summed E-state index contributed by atoms with van der Waals surface area (Å²) in [5.74, 6) is -0.692. The molecule has 0 aromatic rings. The zero-order valence-corrected chi connectivity index (χ0v) is 7.70. The van der Waals surface area contributed by atoms with E-state index in [0.29, 0.717) is 0 Å². The number of hydrogen-bond donors (Lipinski definition) is 2. The van der Waals surface area contributed by atoms with Gasteiger partial charge in [0.2, 0.25) is 0 Å². The molecule has 2 N–H and O–H groups in total. The minimum atomic E-state index is -1.94. The molecule has 2 unspecified atom stereocenters. The normalized spacial score (nSPS) is 29.5. The van der Waals surface area contributed by atoms with E-state index in [-0.39, 0.29) is 13.1 Å². The molecule has 4 nitrogen and oxygen atoms in total. The third-order valence-corrected chi connectivity index (χ3v) is 2.05. The minimum absolute atomic E-state index is 0.00729. The van der Waals surface area contributed by atoms with Crippen LogP contribution in [0.2, 0.25) is 0 Å². The number of nitrogens with zero attached hydrogens (tertiary/aromatic N) is 1. The van der Waals surface area contributed by atoms with Gasteiger partial charge in [0.1, 0.15) is 0 Å². The Morgan fingerprint density at radius 1 is 1.38 bits per heavy atom. The highest BCUT2D eigenvalue weighted by Gasteiger charge is 2.39. The highest BCUT2D eigenvalue weighted by Crippen LogP contribution is 2.18. The molecule has 5 heteroatoms. The molecule has 1 amide bonds. The second-order valence-electron chi connectivity index (χ2n) is 3.82. The van der Waals surface area contributed by atoms with Crippen LogP contribution in [-0.2, 0) is 4.79 Å². The zero-order valence-electron chi connectivity index (χ0n) is 7.70. The molecule has 1 aliphatic rings. The summed E-state index contributed by atoms with van der Waals surface area (Å²) in [5, 5.41) is 18.2. The van der Waals surface area contributed by atoms with Gasteiger partial charge in [0.15, 0.2) is 5.67 Å². The Kier molecular flexibility index (Phi) is 2.58. The van der Waals surface area contributed by atoms with Crippen LogP contribution in [0.5, 0.6) is 0 Å². The fraction of sp³-hybridized carbons (Fsp3) is 0.875. The van der Waals surface area contributed by atoms with Crippen molar-refractivity contribution >= 4 is 5.91 Å². The molecule has 1 heterocycles. The number of carbonyl (C=O) groups excluding carboxylic acids is 1. The van der Waals surface area contributed by atoms with Crippen LogP contribution in [0.25, 0.3) is 0 Å². The SMILES string of the molecule is CC(C)(F)C(=O)N1CC(O)C(O)C1. The van der Waals surface area contributed by atoms with E-state index in [1.807, 2.05) is 0 Å². The average molecular weight is 191 g/mol. The molecule has 13 heavy (non-hydrogen) atoms. The Labute approximate surface area is 76.0 Å². The van der Waals surface area contributed by atoms with E-state index in [0.717, 1.165) is 18.7 Å². The largest absolute Gasteiger partial charge is 0.388 e. The van der Waals surface area contributed by atoms with Crippen molar-refractivity contribution in [2.45, 2.75) is 31.7 Å². The number of alkyl halides is 1. The van der Waals surface area contributed by atoms with Crippen molar-refractivity contribution in [2.75, 3.05) is 13.1 Å². The molecule has 0 saturated carbocycles. The summed E-state index contributed by atoms with van der Waals surface area (Å²) >= 11 is 0. The lowest BCUT2D eigenvalue weighted by Crippen LogP contribution is -2.41. The first-order valence-corrected chi connectivity index (χ1v) is 4.17. The van der Waals surface area contributed by atoms with Crippen LogP contribution in [0.4, 0.5) is 4.39 Å². The van der Waals surface area contributed by atoms with Gasteiger partial charge in [-0.25, -0.2) is 4.39 Å². The first-order valence-electron chi connectivity index (χ1n) is 4.17. The van der Waals surface area contributed by atoms with Crippen molar-refractivity contribution < 1.29 is 19.4 Å². The minimum Gasteiger partial charge on any atom is -0.388 e. The highest BCUT2D eigenvalue weighted by molar-refractivity contribution is 5.84. The van der Waals surface area contributed by atoms with Gasteiger partial charge in [-0.2, -0.15) is 0 Å². The van der Waals surface area contributed by atoms with Crippen molar-refractivity contribution in [3.8, 4) is 0 Å². The number of carbonyl (C=O) groups is 1. The Balaban J connectivity index is 2.61. The number of β-amino-alcohol motifs (C(OH)–C–C–N with tert-alkyl or cyclic N) is 2. The maximum atomic E-state index is 13.1. The van der Waals surface area contributed by atoms with E-state index < -0.39 is 23.8 Å². The van der Waals surface area contributed by atoms with E-state index in [9.17, 15) is 9.18 Å². The lowest BCUT2D eigenvalue weighted by atomic mass is 10.1. The first-order chi connectivity index (χ1) is 5.82. The van der Waals surface area contributed by atoms with E-state index in [1.54, 1.807) is 0 Å². The third kappa shape index (κ3) is 2.16. The average Bonchev–Trinajstić information content (AvgIpc) is 2.29. The fourth-order valence-corrected chi connectivity index (χ4v) is 1.31. The summed E-state index contributed by atoms with van der Waals surface area (Å²) in [6.45, 7) is 2.33. The third-order valence-electron chi connectivity index (χ3n) is 2.05. The molecule has 1 rings (SSSR count). The van der Waals surface area contributed by atoms with E-state index >= 15 is 0 Å². The Morgan fingerprint density at radius 2 is 1.77 bits per heavy atom. The molecule has 0 aliphatic carbocycles. The summed E-state index contributed by atoms with van der Waals surface area (Å²) in [5.41, 5.74) is -1.94. The molecule has 1 aliphatic heterocycles. The second-order valence-corrected chi connectivity index (χ2v) is 3.82. The van der Waals surface area contributed by atoms with E-state index in [4.69, 9.17) is 10.2 Å². The van der Waals surface area contributed by atoms with Crippen molar-refractivity contribution in [3.05, 3.63) is 0 Å². The topological polar surface area (TPSA) is 60.8 Å². The molecule has 2 atom stereocenters. The van der Waals surface area contributed by atoms with Gasteiger partial charge >= 0.3 is 0 Å². The maximum Gasteiger partial charge on any atom is 0.259 e. The number of hydrogen-bond acceptors (Lipinski definition) is 3. The molecule has 1 fully saturated rings. The van der Waals surface area contributed by atoms with Gasteiger partial charge in [-0.1, -0.05) is 0 Å². The van der Waals surface area contributed by atoms with Crippen LogP contribution in [0.3, 0.4) is 0 Å². The van der Waals surface area contributed by atoms with Gasteiger partial charge in [0.25, 0.3) is 5.91 Å². The van der Waals surface area contributed by atoms with Gasteiger partial charge in [-0.15, -0.1) is 0 Å². The number of amides is 1. The molecule has 0 aromatic carbocycles. The fourth-order valence-electron chi connectivity index (χ4n) is 1.31. The predicted octanol–water partition coefficient (Wildman–Crippen LogP) is -0.701. The summed E-state index contributed by atoms with van der Waals surface area (Å²) in [4.78, 5) is 12.4. The number of aliphatic hydroxyl groups excluding tert-OH is 2. The molecule has 1 saturated heterocycles. The van der Waals surface area contributed by atoms with Crippen LogP contribution < -0.4 is 0 Å². The molecule has 0 aromatic heterocycles. The van der Waals surface area contributed by atoms with Crippen LogP contribution >= 0.6 is 0 Å². The lowest BCUT2D eigenvalue weighted by Gasteiger charge is -2.22. The summed E-state index contributed by atoms with van der Waals surface area (Å²) in [6, 6.07) is 0. The molecule has 0 spiro atoms. The lowest BCUT2D eigenvalue weighted by molar-refractivity contribution is -0.141. The van der Waals surface area contributed by atoms with Crippen molar-refractivity contribution in [3.63, 3.8) is 0 Å². The van der Waals surface area contributed by atoms with Gasteiger partial charge in [-0.05, 0) is 13.8 Å². The Morgan fingerprint density at radius 3 is 2.08 bits per heavy atom. The summed E-state index contributed by atoms with van der Waals surface area (Å²) in [7, 11) is 0. The maximum absolute atomic E-state index is 13.1. The molecule has 0 radical (unpaired) electrons. The highest BCUT2D eigenvalue weighted by atomic mass is 19.1. The van der Waals surface area contributed by atoms with Gasteiger partial charge in [-0.3, -0.25) is 4.79 Å². The predicted molar refractivity (Wildman–Crippen MR) is 43.8 cm³/mol.